The summed E-state index contributed by atoms with van der Waals surface area (Å²) >= 11 is 0. The molecule has 2 amide bonds. The Hall–Kier alpha value is -3.61. The van der Waals surface area contributed by atoms with E-state index in [4.69, 9.17) is 4.74 Å². The number of phenolic OH excluding ortho intramolecular Hbond substituents is 1. The monoisotopic (exact) mass is 409 g/mol. The molecule has 3 N–H and O–H groups in total. The van der Waals surface area contributed by atoms with Crippen molar-refractivity contribution in [2.24, 2.45) is 5.10 Å². The third kappa shape index (κ3) is 6.48. The molecule has 0 aromatic heterocycles. The molecule has 0 heterocycles. The van der Waals surface area contributed by atoms with E-state index in [-0.39, 0.29) is 30.4 Å². The largest absolute Gasteiger partial charge is 0.504 e. The molecule has 0 unspecified atom stereocenters. The lowest BCUT2D eigenvalue weighted by Crippen LogP contribution is -2.21. The zero-order valence-electron chi connectivity index (χ0n) is 17.5. The number of hydrogen-bond acceptors (Lipinski definition) is 5. The maximum atomic E-state index is 12.1. The van der Waals surface area contributed by atoms with Crippen LogP contribution in [-0.4, -0.2) is 30.2 Å². The zero-order chi connectivity index (χ0) is 22.1. The number of phenols is 1. The Morgan fingerprint density at radius 3 is 2.60 bits per heavy atom. The van der Waals surface area contributed by atoms with Gasteiger partial charge in [0.1, 0.15) is 0 Å². The molecule has 0 atom stereocenters. The normalized spacial score (nSPS) is 10.6. The Morgan fingerprint density at radius 2 is 1.90 bits per heavy atom. The molecule has 0 aliphatic heterocycles. The fourth-order valence-electron chi connectivity index (χ4n) is 2.78. The Balaban J connectivity index is 1.89. The van der Waals surface area contributed by atoms with Gasteiger partial charge < -0.3 is 15.2 Å². The summed E-state index contributed by atoms with van der Waals surface area (Å²) in [6.07, 6.45) is 3.63. The number of anilines is 1. The molecular weight excluding hydrogens is 382 g/mol. The summed E-state index contributed by atoms with van der Waals surface area (Å²) in [6.45, 7) is 7.52. The van der Waals surface area contributed by atoms with E-state index >= 15 is 0 Å². The summed E-state index contributed by atoms with van der Waals surface area (Å²) in [5.41, 5.74) is 6.44. The number of benzene rings is 2. The fourth-order valence-corrected chi connectivity index (χ4v) is 2.78. The van der Waals surface area contributed by atoms with Crippen LogP contribution in [0.3, 0.4) is 0 Å². The molecule has 2 aromatic carbocycles. The van der Waals surface area contributed by atoms with Gasteiger partial charge in [0.05, 0.1) is 13.3 Å². The van der Waals surface area contributed by atoms with E-state index in [9.17, 15) is 14.7 Å². The molecule has 158 valence electrons. The first kappa shape index (κ1) is 22.7. The van der Waals surface area contributed by atoms with Crippen LogP contribution in [0.2, 0.25) is 0 Å². The Bertz CT molecular complexity index is 967. The van der Waals surface area contributed by atoms with E-state index < -0.39 is 0 Å². The van der Waals surface area contributed by atoms with Crippen LogP contribution in [0, 0.1) is 13.8 Å². The van der Waals surface area contributed by atoms with E-state index in [0.717, 1.165) is 16.8 Å². The average Bonchev–Trinajstić information content (AvgIpc) is 2.71. The van der Waals surface area contributed by atoms with Crippen molar-refractivity contribution in [3.05, 3.63) is 65.2 Å². The molecule has 0 radical (unpaired) electrons. The summed E-state index contributed by atoms with van der Waals surface area (Å²) < 4.78 is 5.15. The molecule has 30 heavy (non-hydrogen) atoms. The Labute approximate surface area is 176 Å². The van der Waals surface area contributed by atoms with Crippen LogP contribution in [0.25, 0.3) is 0 Å². The lowest BCUT2D eigenvalue weighted by Gasteiger charge is -2.09. The molecular formula is C23H27N3O4. The highest BCUT2D eigenvalue weighted by molar-refractivity contribution is 5.94. The molecule has 0 aliphatic rings. The number of nitrogens with one attached hydrogen (secondary N) is 2. The topological polar surface area (TPSA) is 100 Å². The number of rotatable bonds is 9. The van der Waals surface area contributed by atoms with Gasteiger partial charge >= 0.3 is 0 Å². The van der Waals surface area contributed by atoms with Crippen LogP contribution in [-0.2, 0) is 16.0 Å². The van der Waals surface area contributed by atoms with Gasteiger partial charge in [-0.15, -0.1) is 6.58 Å². The van der Waals surface area contributed by atoms with Crippen LogP contribution in [0.5, 0.6) is 11.5 Å². The van der Waals surface area contributed by atoms with Crippen LogP contribution >= 0.6 is 0 Å². The molecule has 2 aromatic rings. The van der Waals surface area contributed by atoms with Gasteiger partial charge in [-0.05, 0) is 55.2 Å². The number of amides is 2. The highest BCUT2D eigenvalue weighted by Gasteiger charge is 2.10. The molecule has 7 heteroatoms. The lowest BCUT2D eigenvalue weighted by atomic mass is 10.1. The van der Waals surface area contributed by atoms with Gasteiger partial charge in [0.15, 0.2) is 11.5 Å². The smallest absolute Gasteiger partial charge is 0.240 e. The molecule has 0 saturated carbocycles. The number of ether oxygens (including phenoxy) is 1. The number of nitrogens with zero attached hydrogens (tertiary/aromatic N) is 1. The predicted octanol–water partition coefficient (Wildman–Crippen LogP) is 3.62. The number of carbonyl (C=O) groups is 2. The predicted molar refractivity (Wildman–Crippen MR) is 118 cm³/mol. The number of hydrazone groups is 1. The summed E-state index contributed by atoms with van der Waals surface area (Å²) in [6, 6.07) is 9.14. The van der Waals surface area contributed by atoms with E-state index in [2.05, 4.69) is 22.4 Å². The highest BCUT2D eigenvalue weighted by atomic mass is 16.5. The number of carbonyl (C=O) groups excluding carboxylic acids is 2. The van der Waals surface area contributed by atoms with Crippen LogP contribution in [0.1, 0.15) is 35.1 Å². The third-order valence-electron chi connectivity index (χ3n) is 4.41. The van der Waals surface area contributed by atoms with Crippen LogP contribution in [0.4, 0.5) is 5.69 Å². The van der Waals surface area contributed by atoms with Gasteiger partial charge in [0.25, 0.3) is 0 Å². The summed E-state index contributed by atoms with van der Waals surface area (Å²) in [5.74, 6) is -0.252. The van der Waals surface area contributed by atoms with Crippen molar-refractivity contribution < 1.29 is 19.4 Å². The maximum absolute atomic E-state index is 12.1. The number of aryl methyl sites for hydroxylation is 2. The van der Waals surface area contributed by atoms with Crippen molar-refractivity contribution in [2.75, 3.05) is 12.4 Å². The first-order valence-corrected chi connectivity index (χ1v) is 9.53. The lowest BCUT2D eigenvalue weighted by molar-refractivity contribution is -0.124. The number of aromatic hydroxyl groups is 1. The van der Waals surface area contributed by atoms with E-state index in [1.807, 2.05) is 32.0 Å². The van der Waals surface area contributed by atoms with Crippen molar-refractivity contribution in [2.45, 2.75) is 33.1 Å². The van der Waals surface area contributed by atoms with Gasteiger partial charge in [-0.25, -0.2) is 5.43 Å². The van der Waals surface area contributed by atoms with Gasteiger partial charge in [-0.1, -0.05) is 18.2 Å². The number of methoxy groups -OCH3 is 1. The third-order valence-corrected chi connectivity index (χ3v) is 4.41. The second-order valence-corrected chi connectivity index (χ2v) is 6.88. The second-order valence-electron chi connectivity index (χ2n) is 6.88. The second kappa shape index (κ2) is 10.8. The van der Waals surface area contributed by atoms with Crippen molar-refractivity contribution >= 4 is 23.7 Å². The maximum Gasteiger partial charge on any atom is 0.240 e. The summed E-state index contributed by atoms with van der Waals surface area (Å²) in [4.78, 5) is 24.1. The summed E-state index contributed by atoms with van der Waals surface area (Å²) in [7, 11) is 1.46. The van der Waals surface area contributed by atoms with Crippen molar-refractivity contribution in [3.63, 3.8) is 0 Å². The fraction of sp³-hybridized carbons (Fsp3) is 0.261. The van der Waals surface area contributed by atoms with E-state index in [1.54, 1.807) is 18.2 Å². The quantitative estimate of drug-likeness (QED) is 0.335. The molecule has 0 fully saturated rings. The molecule has 2 rings (SSSR count). The zero-order valence-corrected chi connectivity index (χ0v) is 17.5. The first-order chi connectivity index (χ1) is 14.3. The average molecular weight is 409 g/mol. The van der Waals surface area contributed by atoms with Crippen molar-refractivity contribution in [1.29, 1.82) is 0 Å². The van der Waals surface area contributed by atoms with Gasteiger partial charge in [-0.2, -0.15) is 5.10 Å². The van der Waals surface area contributed by atoms with Gasteiger partial charge in [0.2, 0.25) is 11.8 Å². The summed E-state index contributed by atoms with van der Waals surface area (Å²) in [5, 5.41) is 16.8. The number of hydrogen-bond donors (Lipinski definition) is 3. The Kier molecular flexibility index (Phi) is 8.17. The minimum atomic E-state index is -0.376. The number of allylic oxidation sites excluding steroid dienone is 1. The van der Waals surface area contributed by atoms with Crippen molar-refractivity contribution in [3.8, 4) is 11.5 Å². The first-order valence-electron chi connectivity index (χ1n) is 9.53. The van der Waals surface area contributed by atoms with E-state index in [1.165, 1.54) is 13.3 Å². The van der Waals surface area contributed by atoms with Crippen LogP contribution in [0.15, 0.2) is 48.1 Å². The van der Waals surface area contributed by atoms with E-state index in [0.29, 0.717) is 23.3 Å². The molecule has 0 spiro atoms. The Morgan fingerprint density at radius 1 is 1.17 bits per heavy atom. The minimum absolute atomic E-state index is 0.00858. The van der Waals surface area contributed by atoms with Crippen molar-refractivity contribution in [1.82, 2.24) is 5.43 Å². The standard InChI is InChI=1S/C23H27N3O4/c1-5-6-18-12-17(13-20(30-4)23(18)29)14-24-26-22(28)10-9-21(27)25-19-11-15(2)7-8-16(19)3/h5,7-8,11-14,29H,1,6,9-10H2,2-4H3,(H,25,27)(H,26,28). The SMILES string of the molecule is C=CCc1cc(C=NNC(=O)CCC(=O)Nc2cc(C)ccc2C)cc(OC)c1O. The molecule has 0 aliphatic carbocycles. The highest BCUT2D eigenvalue weighted by Crippen LogP contribution is 2.31. The van der Waals surface area contributed by atoms with Gasteiger partial charge in [-0.3, -0.25) is 9.59 Å². The van der Waals surface area contributed by atoms with Crippen LogP contribution < -0.4 is 15.5 Å². The molecule has 7 nitrogen and oxygen atoms in total. The molecule has 0 saturated heterocycles. The van der Waals surface area contributed by atoms with Gasteiger partial charge in [0, 0.05) is 24.1 Å². The minimum Gasteiger partial charge on any atom is -0.504 e. The molecule has 0 bridgehead atoms.